The maximum absolute atomic E-state index is 11.6. The lowest BCUT2D eigenvalue weighted by Gasteiger charge is -2.63. The Labute approximate surface area is 194 Å². The quantitative estimate of drug-likeness (QED) is 0.425. The van der Waals surface area contributed by atoms with Gasteiger partial charge in [-0.05, 0) is 105 Å². The molecule has 5 N–H and O–H groups in total. The van der Waals surface area contributed by atoms with Crippen molar-refractivity contribution in [3.8, 4) is 0 Å². The van der Waals surface area contributed by atoms with Crippen molar-refractivity contribution >= 4 is 0 Å². The molecule has 0 radical (unpaired) electrons. The van der Waals surface area contributed by atoms with Gasteiger partial charge < -0.3 is 25.5 Å². The first-order valence-electron chi connectivity index (χ1n) is 13.3. The molecule has 0 bridgehead atoms. The van der Waals surface area contributed by atoms with E-state index in [9.17, 15) is 25.5 Å². The smallest absolute Gasteiger partial charge is 0.0849 e. The molecule has 4 aliphatic carbocycles. The van der Waals surface area contributed by atoms with Gasteiger partial charge in [-0.25, -0.2) is 0 Å². The Morgan fingerprint density at radius 1 is 1.00 bits per heavy atom. The van der Waals surface area contributed by atoms with Gasteiger partial charge in [0.2, 0.25) is 0 Å². The Morgan fingerprint density at radius 2 is 1.72 bits per heavy atom. The predicted molar refractivity (Wildman–Crippen MR) is 125 cm³/mol. The molecule has 4 rings (SSSR count). The fourth-order valence-corrected chi connectivity index (χ4v) is 9.22. The number of fused-ring (bicyclic) bond motifs is 5. The van der Waals surface area contributed by atoms with Crippen molar-refractivity contribution in [3.05, 3.63) is 0 Å². The van der Waals surface area contributed by atoms with Crippen LogP contribution in [0.4, 0.5) is 0 Å². The van der Waals surface area contributed by atoms with E-state index in [1.165, 1.54) is 0 Å². The van der Waals surface area contributed by atoms with Gasteiger partial charge in [0.25, 0.3) is 0 Å². The van der Waals surface area contributed by atoms with Gasteiger partial charge >= 0.3 is 0 Å². The molecule has 0 heterocycles. The minimum atomic E-state index is -1.01. The highest BCUT2D eigenvalue weighted by atomic mass is 16.3. The van der Waals surface area contributed by atoms with Crippen LogP contribution in [-0.2, 0) is 0 Å². The summed E-state index contributed by atoms with van der Waals surface area (Å²) in [4.78, 5) is 0. The topological polar surface area (TPSA) is 101 Å². The Morgan fingerprint density at radius 3 is 2.41 bits per heavy atom. The van der Waals surface area contributed by atoms with Gasteiger partial charge in [0.1, 0.15) is 0 Å². The lowest BCUT2D eigenvalue weighted by molar-refractivity contribution is -0.207. The Balaban J connectivity index is 1.51. The summed E-state index contributed by atoms with van der Waals surface area (Å²) in [6, 6.07) is 0. The number of aliphatic hydroxyl groups is 5. The zero-order valence-electron chi connectivity index (χ0n) is 20.7. The summed E-state index contributed by atoms with van der Waals surface area (Å²) in [5, 5.41) is 52.7. The highest BCUT2D eigenvalue weighted by Gasteiger charge is 2.65. The maximum Gasteiger partial charge on any atom is 0.0849 e. The Bertz CT molecular complexity index is 666. The largest absolute Gasteiger partial charge is 0.393 e. The lowest BCUT2D eigenvalue weighted by Crippen LogP contribution is -2.62. The number of hydrogen-bond acceptors (Lipinski definition) is 5. The van der Waals surface area contributed by atoms with Crippen LogP contribution in [0.5, 0.6) is 0 Å². The summed E-state index contributed by atoms with van der Waals surface area (Å²) in [6.45, 7) is 8.45. The van der Waals surface area contributed by atoms with Gasteiger partial charge in [0.05, 0.1) is 30.5 Å². The monoisotopic (exact) mass is 452 g/mol. The first-order chi connectivity index (χ1) is 14.9. The number of hydrogen-bond donors (Lipinski definition) is 5. The average Bonchev–Trinajstić information content (AvgIpc) is 3.08. The SMILES string of the molecule is C[C@H](CCCC(C)(O)CO)[C@H]1CC[C@H]2[C@@H]3[C@H](O)C[C@@H]4CC(O)CC[C@]4(C)[C@H]3CC(O)[C@]12C. The van der Waals surface area contributed by atoms with Crippen LogP contribution in [0.3, 0.4) is 0 Å². The second kappa shape index (κ2) is 8.78. The van der Waals surface area contributed by atoms with Gasteiger partial charge in [-0.3, -0.25) is 0 Å². The molecule has 5 nitrogen and oxygen atoms in total. The molecule has 0 aromatic carbocycles. The van der Waals surface area contributed by atoms with Crippen LogP contribution in [0.25, 0.3) is 0 Å². The molecule has 12 atom stereocenters. The van der Waals surface area contributed by atoms with E-state index in [1.54, 1.807) is 6.92 Å². The molecule has 0 aromatic heterocycles. The molecule has 0 amide bonds. The standard InChI is InChI=1S/C27H48O5/c1-16(6-5-10-25(2,32)15-28)19-7-8-20-24-21(14-23(31)27(19,20)4)26(3)11-9-18(29)12-17(26)13-22(24)30/h16-24,28-32H,5-15H2,1-4H3/t16-,17+,18?,19-,20+,21+,22-,23?,24+,25?,26+,27-/m1/s1. The Kier molecular flexibility index (Phi) is 6.84. The van der Waals surface area contributed by atoms with Crippen LogP contribution in [0.2, 0.25) is 0 Å². The molecule has 0 aliphatic heterocycles. The second-order valence-corrected chi connectivity index (χ2v) is 13.1. The third-order valence-corrected chi connectivity index (χ3v) is 11.2. The van der Waals surface area contributed by atoms with E-state index in [2.05, 4.69) is 20.8 Å². The highest BCUT2D eigenvalue weighted by Crippen LogP contribution is 2.68. The van der Waals surface area contributed by atoms with E-state index in [0.29, 0.717) is 36.0 Å². The van der Waals surface area contributed by atoms with E-state index < -0.39 is 5.60 Å². The van der Waals surface area contributed by atoms with Gasteiger partial charge in [-0.1, -0.05) is 33.6 Å². The fraction of sp³-hybridized carbons (Fsp3) is 1.00. The van der Waals surface area contributed by atoms with Crippen LogP contribution in [0.1, 0.15) is 91.9 Å². The molecular formula is C27H48O5. The van der Waals surface area contributed by atoms with Crippen molar-refractivity contribution in [3.63, 3.8) is 0 Å². The first-order valence-corrected chi connectivity index (χ1v) is 13.3. The zero-order valence-corrected chi connectivity index (χ0v) is 20.7. The van der Waals surface area contributed by atoms with Crippen molar-refractivity contribution in [1.29, 1.82) is 0 Å². The maximum atomic E-state index is 11.6. The van der Waals surface area contributed by atoms with Crippen molar-refractivity contribution < 1.29 is 25.5 Å². The van der Waals surface area contributed by atoms with Crippen LogP contribution in [-0.4, -0.2) is 56.1 Å². The summed E-state index contributed by atoms with van der Waals surface area (Å²) in [6.07, 6.45) is 7.96. The molecular weight excluding hydrogens is 404 g/mol. The molecule has 4 fully saturated rings. The van der Waals surface area contributed by atoms with Gasteiger partial charge in [-0.15, -0.1) is 0 Å². The van der Waals surface area contributed by atoms with Crippen molar-refractivity contribution in [2.45, 2.75) is 116 Å². The molecule has 32 heavy (non-hydrogen) atoms. The van der Waals surface area contributed by atoms with E-state index in [0.717, 1.165) is 57.8 Å². The molecule has 3 unspecified atom stereocenters. The molecule has 186 valence electrons. The van der Waals surface area contributed by atoms with Crippen LogP contribution in [0, 0.1) is 46.3 Å². The number of aliphatic hydroxyl groups excluding tert-OH is 4. The third kappa shape index (κ3) is 3.98. The predicted octanol–water partition coefficient (Wildman–Crippen LogP) is 3.50. The van der Waals surface area contributed by atoms with Gasteiger partial charge in [0, 0.05) is 0 Å². The van der Waals surface area contributed by atoms with Crippen LogP contribution in [0.15, 0.2) is 0 Å². The summed E-state index contributed by atoms with van der Waals surface area (Å²) < 4.78 is 0. The highest BCUT2D eigenvalue weighted by molar-refractivity contribution is 5.14. The molecule has 4 aliphatic rings. The number of rotatable bonds is 6. The van der Waals surface area contributed by atoms with Gasteiger partial charge in [-0.2, -0.15) is 0 Å². The molecule has 5 heteroatoms. The van der Waals surface area contributed by atoms with Gasteiger partial charge in [0.15, 0.2) is 0 Å². The lowest BCUT2D eigenvalue weighted by atomic mass is 9.43. The van der Waals surface area contributed by atoms with E-state index in [-0.39, 0.29) is 41.7 Å². The van der Waals surface area contributed by atoms with Crippen molar-refractivity contribution in [2.24, 2.45) is 46.3 Å². The van der Waals surface area contributed by atoms with E-state index in [1.807, 2.05) is 0 Å². The van der Waals surface area contributed by atoms with Crippen LogP contribution >= 0.6 is 0 Å². The molecule has 0 spiro atoms. The molecule has 0 aromatic rings. The fourth-order valence-electron chi connectivity index (χ4n) is 9.22. The zero-order chi connectivity index (χ0) is 23.5. The van der Waals surface area contributed by atoms with Crippen molar-refractivity contribution in [2.75, 3.05) is 6.61 Å². The second-order valence-electron chi connectivity index (χ2n) is 13.1. The van der Waals surface area contributed by atoms with E-state index in [4.69, 9.17) is 0 Å². The average molecular weight is 453 g/mol. The molecule has 4 saturated carbocycles. The van der Waals surface area contributed by atoms with E-state index >= 15 is 0 Å². The third-order valence-electron chi connectivity index (χ3n) is 11.2. The molecule has 0 saturated heterocycles. The minimum Gasteiger partial charge on any atom is -0.393 e. The summed E-state index contributed by atoms with van der Waals surface area (Å²) in [7, 11) is 0. The Hall–Kier alpha value is -0.200. The normalized spacial score (nSPS) is 51.3. The summed E-state index contributed by atoms with van der Waals surface area (Å²) in [5.74, 6) is 2.17. The first kappa shape index (κ1) is 24.9. The summed E-state index contributed by atoms with van der Waals surface area (Å²) in [5.41, 5.74) is -1.06. The minimum absolute atomic E-state index is 0.116. The summed E-state index contributed by atoms with van der Waals surface area (Å²) >= 11 is 0. The van der Waals surface area contributed by atoms with Crippen LogP contribution < -0.4 is 0 Å². The van der Waals surface area contributed by atoms with Crippen molar-refractivity contribution in [1.82, 2.24) is 0 Å².